The van der Waals surface area contributed by atoms with Gasteiger partial charge in [-0.15, -0.1) is 0 Å². The van der Waals surface area contributed by atoms with Crippen LogP contribution < -0.4 is 25.4 Å². The van der Waals surface area contributed by atoms with Crippen LogP contribution in [0.15, 0.2) is 144 Å². The lowest BCUT2D eigenvalue weighted by molar-refractivity contribution is 0.315. The SMILES string of the molecule is COc1ccc(-c2nc(C[P+](c3ccccc3)(c3ccccc3)c3ccccc3)c(-c3ccc(OC)cc3)c3nonc23)cc1. The van der Waals surface area contributed by atoms with Crippen LogP contribution in [-0.4, -0.2) is 29.5 Å². The van der Waals surface area contributed by atoms with Crippen molar-refractivity contribution in [3.63, 3.8) is 0 Å². The maximum atomic E-state index is 5.49. The number of ether oxygens (including phenoxy) is 2. The predicted molar refractivity (Wildman–Crippen MR) is 182 cm³/mol. The van der Waals surface area contributed by atoms with Gasteiger partial charge in [-0.1, -0.05) is 66.7 Å². The lowest BCUT2D eigenvalue weighted by atomic mass is 10.00. The molecule has 0 saturated heterocycles. The summed E-state index contributed by atoms with van der Waals surface area (Å²) in [6.45, 7) is 0. The van der Waals surface area contributed by atoms with Gasteiger partial charge >= 0.3 is 0 Å². The van der Waals surface area contributed by atoms with E-state index in [1.807, 2.05) is 48.5 Å². The summed E-state index contributed by atoms with van der Waals surface area (Å²) in [7, 11) is 1.02. The van der Waals surface area contributed by atoms with Crippen LogP contribution in [0.4, 0.5) is 0 Å². The standard InChI is InChI=1S/C38H31N3O3P/c1-42-29-22-18-27(19-23-29)35-34(39-36(38-37(35)40-44-41-38)28-20-24-30(43-2)25-21-28)26-45(31-12-6-3-7-13-31,32-14-8-4-9-15-32)33-16-10-5-11-17-33/h3-25H,26H2,1-2H3/q+1. The van der Waals surface area contributed by atoms with Gasteiger partial charge < -0.3 is 9.47 Å². The van der Waals surface area contributed by atoms with E-state index in [0.29, 0.717) is 22.9 Å². The molecule has 0 saturated carbocycles. The molecular weight excluding hydrogens is 577 g/mol. The number of aromatic nitrogens is 3. The van der Waals surface area contributed by atoms with Crippen LogP contribution in [0.1, 0.15) is 5.69 Å². The Bertz CT molecular complexity index is 1930. The summed E-state index contributed by atoms with van der Waals surface area (Å²) < 4.78 is 16.4. The van der Waals surface area contributed by atoms with Gasteiger partial charge in [0, 0.05) is 11.1 Å². The fourth-order valence-electron chi connectivity index (χ4n) is 6.01. The number of methoxy groups -OCH3 is 2. The molecule has 7 rings (SSSR count). The smallest absolute Gasteiger partial charge is 0.162 e. The molecule has 5 aromatic carbocycles. The monoisotopic (exact) mass is 608 g/mol. The molecule has 0 aliphatic heterocycles. The first kappa shape index (κ1) is 28.5. The first-order valence-electron chi connectivity index (χ1n) is 14.7. The first-order chi connectivity index (χ1) is 22.2. The van der Waals surface area contributed by atoms with Gasteiger partial charge in [0.05, 0.1) is 19.9 Å². The lowest BCUT2D eigenvalue weighted by Gasteiger charge is -2.28. The van der Waals surface area contributed by atoms with Crippen molar-refractivity contribution in [2.45, 2.75) is 6.16 Å². The Balaban J connectivity index is 1.55. The molecule has 0 spiro atoms. The van der Waals surface area contributed by atoms with Crippen molar-refractivity contribution in [2.24, 2.45) is 0 Å². The zero-order valence-electron chi connectivity index (χ0n) is 25.0. The zero-order valence-corrected chi connectivity index (χ0v) is 25.9. The molecule has 0 aliphatic rings. The van der Waals surface area contributed by atoms with Gasteiger partial charge in [-0.25, -0.2) is 9.61 Å². The normalized spacial score (nSPS) is 11.4. The Hall–Kier alpha value is -5.32. The van der Waals surface area contributed by atoms with Crippen molar-refractivity contribution in [1.82, 2.24) is 15.3 Å². The maximum Gasteiger partial charge on any atom is 0.162 e. The maximum absolute atomic E-state index is 5.49. The van der Waals surface area contributed by atoms with E-state index in [4.69, 9.17) is 19.1 Å². The van der Waals surface area contributed by atoms with Crippen LogP contribution in [0.2, 0.25) is 0 Å². The molecule has 0 aliphatic carbocycles. The second-order valence-corrected chi connectivity index (χ2v) is 14.2. The summed E-state index contributed by atoms with van der Waals surface area (Å²) in [6, 6.07) is 48.4. The molecule has 0 bridgehead atoms. The third kappa shape index (κ3) is 5.24. The molecule has 7 heteroatoms. The highest BCUT2D eigenvalue weighted by Gasteiger charge is 2.47. The summed E-state index contributed by atoms with van der Waals surface area (Å²) in [5.74, 6) is 1.54. The first-order valence-corrected chi connectivity index (χ1v) is 16.7. The van der Waals surface area contributed by atoms with Gasteiger partial charge in [-0.3, -0.25) is 0 Å². The van der Waals surface area contributed by atoms with Crippen LogP contribution in [0.5, 0.6) is 11.5 Å². The number of hydrogen-bond donors (Lipinski definition) is 0. The molecule has 0 N–H and O–H groups in total. The molecule has 2 heterocycles. The van der Waals surface area contributed by atoms with Crippen LogP contribution in [0, 0.1) is 0 Å². The molecule has 2 aromatic heterocycles. The molecule has 7 aromatic rings. The van der Waals surface area contributed by atoms with Crippen molar-refractivity contribution in [3.8, 4) is 33.9 Å². The Labute approximate surface area is 262 Å². The summed E-state index contributed by atoms with van der Waals surface area (Å²) in [5, 5.41) is 12.7. The van der Waals surface area contributed by atoms with Crippen molar-refractivity contribution in [3.05, 3.63) is 145 Å². The summed E-state index contributed by atoms with van der Waals surface area (Å²) in [5.41, 5.74) is 5.68. The summed E-state index contributed by atoms with van der Waals surface area (Å²) in [4.78, 5) is 5.47. The number of hydrogen-bond acceptors (Lipinski definition) is 6. The summed E-state index contributed by atoms with van der Waals surface area (Å²) >= 11 is 0. The fourth-order valence-corrected chi connectivity index (χ4v) is 10.2. The van der Waals surface area contributed by atoms with Gasteiger partial charge in [-0.2, -0.15) is 0 Å². The second kappa shape index (κ2) is 12.4. The molecule has 0 amide bonds. The molecule has 6 nitrogen and oxygen atoms in total. The lowest BCUT2D eigenvalue weighted by Crippen LogP contribution is -2.32. The molecule has 45 heavy (non-hydrogen) atoms. The highest BCUT2D eigenvalue weighted by molar-refractivity contribution is 7.95. The Morgan fingerprint density at radius 2 is 0.978 bits per heavy atom. The quantitative estimate of drug-likeness (QED) is 0.159. The van der Waals surface area contributed by atoms with E-state index < -0.39 is 7.26 Å². The van der Waals surface area contributed by atoms with Gasteiger partial charge in [0.25, 0.3) is 0 Å². The van der Waals surface area contributed by atoms with Crippen LogP contribution >= 0.6 is 7.26 Å². The van der Waals surface area contributed by atoms with Gasteiger partial charge in [0.2, 0.25) is 0 Å². The van der Waals surface area contributed by atoms with E-state index in [9.17, 15) is 0 Å². The van der Waals surface area contributed by atoms with Crippen LogP contribution in [0.25, 0.3) is 33.4 Å². The van der Waals surface area contributed by atoms with Crippen LogP contribution in [0.3, 0.4) is 0 Å². The van der Waals surface area contributed by atoms with Crippen molar-refractivity contribution >= 4 is 34.2 Å². The van der Waals surface area contributed by atoms with Crippen molar-refractivity contribution in [2.75, 3.05) is 14.2 Å². The van der Waals surface area contributed by atoms with E-state index in [2.05, 4.69) is 101 Å². The van der Waals surface area contributed by atoms with Crippen molar-refractivity contribution in [1.29, 1.82) is 0 Å². The van der Waals surface area contributed by atoms with Gasteiger partial charge in [-0.05, 0) is 88.7 Å². The third-order valence-corrected chi connectivity index (χ3v) is 12.5. The average molecular weight is 609 g/mol. The molecule has 0 unspecified atom stereocenters. The van der Waals surface area contributed by atoms with Crippen molar-refractivity contribution < 1.29 is 14.1 Å². The minimum Gasteiger partial charge on any atom is -0.497 e. The minimum atomic E-state index is -2.31. The molecule has 0 radical (unpaired) electrons. The predicted octanol–water partition coefficient (Wildman–Crippen LogP) is 7.46. The number of pyridine rings is 1. The Morgan fingerprint density at radius 1 is 0.533 bits per heavy atom. The van der Waals surface area contributed by atoms with Crippen LogP contribution in [-0.2, 0) is 6.16 Å². The average Bonchev–Trinajstić information content (AvgIpc) is 3.61. The Morgan fingerprint density at radius 3 is 1.44 bits per heavy atom. The molecule has 0 fully saturated rings. The van der Waals surface area contributed by atoms with E-state index in [0.717, 1.165) is 33.9 Å². The number of fused-ring (bicyclic) bond motifs is 1. The largest absolute Gasteiger partial charge is 0.497 e. The number of rotatable bonds is 9. The third-order valence-electron chi connectivity index (χ3n) is 8.20. The zero-order chi connectivity index (χ0) is 30.6. The molecular formula is C38H31N3O3P+. The van der Waals surface area contributed by atoms with Gasteiger partial charge in [0.15, 0.2) is 5.52 Å². The second-order valence-electron chi connectivity index (χ2n) is 10.7. The highest BCUT2D eigenvalue weighted by atomic mass is 31.2. The van der Waals surface area contributed by atoms with E-state index in [-0.39, 0.29) is 0 Å². The minimum absolute atomic E-state index is 0.609. The van der Waals surface area contributed by atoms with E-state index >= 15 is 0 Å². The van der Waals surface area contributed by atoms with E-state index in [1.165, 1.54) is 15.9 Å². The molecule has 220 valence electrons. The Kier molecular flexibility index (Phi) is 7.81. The number of benzene rings is 5. The highest BCUT2D eigenvalue weighted by Crippen LogP contribution is 2.59. The van der Waals surface area contributed by atoms with E-state index in [1.54, 1.807) is 14.2 Å². The van der Waals surface area contributed by atoms with Gasteiger partial charge in [0.1, 0.15) is 52.0 Å². The molecule has 0 atom stereocenters. The number of nitrogens with zero attached hydrogens (tertiary/aromatic N) is 3. The fraction of sp³-hybridized carbons (Fsp3) is 0.0789. The summed E-state index contributed by atoms with van der Waals surface area (Å²) in [6.07, 6.45) is 0.651. The topological polar surface area (TPSA) is 70.3 Å².